The molecule has 0 spiro atoms. The topological polar surface area (TPSA) is 109 Å². The van der Waals surface area contributed by atoms with Crippen molar-refractivity contribution < 1.29 is 0 Å². The maximum atomic E-state index is 6.43. The fourth-order valence-electron chi connectivity index (χ4n) is 4.73. The molecule has 0 saturated carbocycles. The van der Waals surface area contributed by atoms with Gasteiger partial charge in [0, 0.05) is 48.9 Å². The highest BCUT2D eigenvalue weighted by atomic mass is 32.2. The van der Waals surface area contributed by atoms with Crippen molar-refractivity contribution in [3.63, 3.8) is 0 Å². The van der Waals surface area contributed by atoms with Crippen LogP contribution >= 0.6 is 11.8 Å². The number of para-hydroxylation sites is 1. The first kappa shape index (κ1) is 21.1. The van der Waals surface area contributed by atoms with Gasteiger partial charge in [-0.2, -0.15) is 0 Å². The molecule has 34 heavy (non-hydrogen) atoms. The van der Waals surface area contributed by atoms with Crippen LogP contribution in [-0.4, -0.2) is 51.1 Å². The highest BCUT2D eigenvalue weighted by Gasteiger charge is 2.23. The number of pyridine rings is 2. The molecule has 1 aliphatic rings. The van der Waals surface area contributed by atoms with Crippen LogP contribution in [0.1, 0.15) is 19.3 Å². The summed E-state index contributed by atoms with van der Waals surface area (Å²) in [6.45, 7) is 1.72. The van der Waals surface area contributed by atoms with Gasteiger partial charge in [0.25, 0.3) is 0 Å². The van der Waals surface area contributed by atoms with Crippen LogP contribution < -0.4 is 16.0 Å². The number of fused-ring (bicyclic) bond motifs is 4. The van der Waals surface area contributed by atoms with Gasteiger partial charge >= 0.3 is 0 Å². The number of rotatable bonds is 4. The minimum atomic E-state index is 0.137. The van der Waals surface area contributed by atoms with Crippen molar-refractivity contribution in [2.45, 2.75) is 35.4 Å². The molecule has 1 unspecified atom stereocenters. The summed E-state index contributed by atoms with van der Waals surface area (Å²) in [4.78, 5) is 25.8. The average molecular weight is 471 g/mol. The van der Waals surface area contributed by atoms with Gasteiger partial charge in [-0.15, -0.1) is 0 Å². The van der Waals surface area contributed by atoms with E-state index in [0.29, 0.717) is 5.16 Å². The van der Waals surface area contributed by atoms with E-state index < -0.39 is 0 Å². The van der Waals surface area contributed by atoms with E-state index in [9.17, 15) is 0 Å². The lowest BCUT2D eigenvalue weighted by Crippen LogP contribution is -2.36. The van der Waals surface area contributed by atoms with Crippen molar-refractivity contribution in [1.29, 1.82) is 0 Å². The summed E-state index contributed by atoms with van der Waals surface area (Å²) in [6, 6.07) is 12.3. The Morgan fingerprint density at radius 1 is 1.12 bits per heavy atom. The van der Waals surface area contributed by atoms with Gasteiger partial charge in [0.05, 0.1) is 27.6 Å². The van der Waals surface area contributed by atoms with Gasteiger partial charge in [0.1, 0.15) is 11.5 Å². The molecule has 5 heterocycles. The van der Waals surface area contributed by atoms with Crippen LogP contribution in [0.3, 0.4) is 0 Å². The molecule has 1 aliphatic heterocycles. The number of aromatic amines is 1. The summed E-state index contributed by atoms with van der Waals surface area (Å²) in [5, 5.41) is 6.12. The molecular weight excluding hydrogens is 444 g/mol. The number of nitrogens with zero attached hydrogens (tertiary/aromatic N) is 5. The van der Waals surface area contributed by atoms with Gasteiger partial charge in [0.15, 0.2) is 5.16 Å². The van der Waals surface area contributed by atoms with Crippen molar-refractivity contribution >= 4 is 56.2 Å². The Bertz CT molecular complexity index is 1500. The number of nitrogens with two attached hydrogens (primary N) is 1. The molecule has 0 aliphatic carbocycles. The largest absolute Gasteiger partial charge is 0.386 e. The second kappa shape index (κ2) is 8.73. The fraction of sp³-hybridized carbons (Fsp3) is 0.280. The standard InChI is InChI=1S/C25H26N8S/c1-27-19-8-4-7-17-21-23(30-22(17)19)31-25(32-24(21)33-11-3-2-6-15(26)14-33)34-16-12-20-18(29-13-16)9-5-10-28-20/h4-5,7-10,12-13,15,27H,2-3,6,11,14,26H2,1H3,(H,30,31,32). The molecule has 0 amide bonds. The Labute approximate surface area is 201 Å². The van der Waals surface area contributed by atoms with E-state index in [4.69, 9.17) is 15.7 Å². The fourth-order valence-corrected chi connectivity index (χ4v) is 5.48. The molecule has 1 atom stereocenters. The summed E-state index contributed by atoms with van der Waals surface area (Å²) in [7, 11) is 1.93. The molecule has 1 saturated heterocycles. The molecule has 0 bridgehead atoms. The third kappa shape index (κ3) is 3.80. The maximum Gasteiger partial charge on any atom is 0.196 e. The summed E-state index contributed by atoms with van der Waals surface area (Å²) in [5.41, 5.74) is 11.1. The lowest BCUT2D eigenvalue weighted by molar-refractivity contribution is 0.620. The predicted molar refractivity (Wildman–Crippen MR) is 139 cm³/mol. The third-order valence-corrected chi connectivity index (χ3v) is 7.18. The molecule has 4 aromatic heterocycles. The zero-order chi connectivity index (χ0) is 23.1. The second-order valence-electron chi connectivity index (χ2n) is 8.67. The number of H-pyrrole nitrogens is 1. The smallest absolute Gasteiger partial charge is 0.196 e. The summed E-state index contributed by atoms with van der Waals surface area (Å²) < 4.78 is 0. The lowest BCUT2D eigenvalue weighted by Gasteiger charge is -2.25. The van der Waals surface area contributed by atoms with Crippen LogP contribution in [0, 0.1) is 0 Å². The third-order valence-electron chi connectivity index (χ3n) is 6.36. The number of aromatic nitrogens is 5. The summed E-state index contributed by atoms with van der Waals surface area (Å²) >= 11 is 1.50. The van der Waals surface area contributed by atoms with E-state index in [1.54, 1.807) is 6.20 Å². The first-order valence-electron chi connectivity index (χ1n) is 11.6. The SMILES string of the molecule is CNc1cccc2c1[nH]c1nc(Sc3cnc4cccnc4c3)nc(N3CCCCC(N)C3)c12. The zero-order valence-corrected chi connectivity index (χ0v) is 19.8. The Hall–Kier alpha value is -3.43. The van der Waals surface area contributed by atoms with Crippen molar-refractivity contribution in [2.24, 2.45) is 5.73 Å². The zero-order valence-electron chi connectivity index (χ0n) is 19.0. The van der Waals surface area contributed by atoms with Crippen LogP contribution in [0.2, 0.25) is 0 Å². The van der Waals surface area contributed by atoms with E-state index in [-0.39, 0.29) is 6.04 Å². The minimum absolute atomic E-state index is 0.137. The van der Waals surface area contributed by atoms with Gasteiger partial charge in [-0.1, -0.05) is 18.6 Å². The van der Waals surface area contributed by atoms with Gasteiger partial charge in [0.2, 0.25) is 0 Å². The van der Waals surface area contributed by atoms with E-state index in [1.165, 1.54) is 11.8 Å². The number of nitrogens with one attached hydrogen (secondary N) is 2. The average Bonchev–Trinajstić information content (AvgIpc) is 3.09. The molecule has 1 aromatic carbocycles. The second-order valence-corrected chi connectivity index (χ2v) is 9.71. The van der Waals surface area contributed by atoms with Crippen molar-refractivity contribution in [3.8, 4) is 0 Å². The van der Waals surface area contributed by atoms with Gasteiger partial charge in [-0.05, 0) is 48.9 Å². The Morgan fingerprint density at radius 3 is 2.97 bits per heavy atom. The highest BCUT2D eigenvalue weighted by molar-refractivity contribution is 7.99. The normalized spacial score (nSPS) is 16.9. The van der Waals surface area contributed by atoms with Crippen LogP contribution in [0.15, 0.2) is 58.8 Å². The molecule has 8 nitrogen and oxygen atoms in total. The molecule has 9 heteroatoms. The molecule has 5 aromatic rings. The number of hydrogen-bond donors (Lipinski definition) is 3. The first-order chi connectivity index (χ1) is 16.7. The van der Waals surface area contributed by atoms with E-state index in [0.717, 1.165) is 81.7 Å². The minimum Gasteiger partial charge on any atom is -0.386 e. The summed E-state index contributed by atoms with van der Waals surface area (Å²) in [5.74, 6) is 0.941. The predicted octanol–water partition coefficient (Wildman–Crippen LogP) is 4.56. The van der Waals surface area contributed by atoms with Crippen molar-refractivity contribution in [3.05, 3.63) is 48.8 Å². The molecule has 6 rings (SSSR count). The monoisotopic (exact) mass is 470 g/mol. The Balaban J connectivity index is 1.51. The molecular formula is C25H26N8S. The van der Waals surface area contributed by atoms with Crippen molar-refractivity contribution in [1.82, 2.24) is 24.9 Å². The molecule has 0 radical (unpaired) electrons. The summed E-state index contributed by atoms with van der Waals surface area (Å²) in [6.07, 6.45) is 6.92. The number of anilines is 2. The number of benzene rings is 1. The quantitative estimate of drug-likeness (QED) is 0.328. The molecule has 172 valence electrons. The van der Waals surface area contributed by atoms with Crippen LogP contribution in [0.4, 0.5) is 11.5 Å². The van der Waals surface area contributed by atoms with E-state index in [1.807, 2.05) is 31.4 Å². The van der Waals surface area contributed by atoms with Crippen LogP contribution in [0.5, 0.6) is 0 Å². The highest BCUT2D eigenvalue weighted by Crippen LogP contribution is 2.38. The molecule has 1 fully saturated rings. The van der Waals surface area contributed by atoms with Gasteiger partial charge < -0.3 is 20.9 Å². The first-order valence-corrected chi connectivity index (χ1v) is 12.4. The van der Waals surface area contributed by atoms with Crippen molar-refractivity contribution in [2.75, 3.05) is 30.4 Å². The Kier molecular flexibility index (Phi) is 5.43. The molecule has 4 N–H and O–H groups in total. The Morgan fingerprint density at radius 2 is 2.06 bits per heavy atom. The van der Waals surface area contributed by atoms with Gasteiger partial charge in [-0.25, -0.2) is 9.97 Å². The van der Waals surface area contributed by atoms with E-state index >= 15 is 0 Å². The van der Waals surface area contributed by atoms with E-state index in [2.05, 4.69) is 43.4 Å². The maximum absolute atomic E-state index is 6.43. The lowest BCUT2D eigenvalue weighted by atomic mass is 10.1. The van der Waals surface area contributed by atoms with Gasteiger partial charge in [-0.3, -0.25) is 9.97 Å². The number of hydrogen-bond acceptors (Lipinski definition) is 8. The van der Waals surface area contributed by atoms with Crippen LogP contribution in [0.25, 0.3) is 33.0 Å². The van der Waals surface area contributed by atoms with Crippen LogP contribution in [-0.2, 0) is 0 Å².